The Kier molecular flexibility index (Phi) is 7.15. The van der Waals surface area contributed by atoms with E-state index in [-0.39, 0.29) is 5.91 Å². The highest BCUT2D eigenvalue weighted by molar-refractivity contribution is 6.32. The molecule has 0 unspecified atom stereocenters. The molecule has 1 fully saturated rings. The van der Waals surface area contributed by atoms with Crippen LogP contribution in [0.2, 0.25) is 0 Å². The third-order valence-corrected chi connectivity index (χ3v) is 6.45. The van der Waals surface area contributed by atoms with Gasteiger partial charge in [-0.3, -0.25) is 4.79 Å². The summed E-state index contributed by atoms with van der Waals surface area (Å²) in [7, 11) is 0. The fourth-order valence-electron chi connectivity index (χ4n) is 4.86. The summed E-state index contributed by atoms with van der Waals surface area (Å²) in [6.07, 6.45) is 12.6. The van der Waals surface area contributed by atoms with Gasteiger partial charge in [0.25, 0.3) is 5.91 Å². The average molecular weight is 435 g/mol. The van der Waals surface area contributed by atoms with E-state index in [0.717, 1.165) is 12.1 Å². The smallest absolute Gasteiger partial charge is 0.273 e. The molecular weight excluding hydrogens is 400 g/mol. The second-order valence-electron chi connectivity index (χ2n) is 9.12. The van der Waals surface area contributed by atoms with Gasteiger partial charge < -0.3 is 9.88 Å². The van der Waals surface area contributed by atoms with Gasteiger partial charge in [-0.25, -0.2) is 15.4 Å². The van der Waals surface area contributed by atoms with Crippen molar-refractivity contribution >= 4 is 17.7 Å². The van der Waals surface area contributed by atoms with E-state index in [4.69, 9.17) is 0 Å². The molecule has 2 aliphatic rings. The van der Waals surface area contributed by atoms with E-state index < -0.39 is 0 Å². The zero-order valence-corrected chi connectivity index (χ0v) is 19.4. The van der Waals surface area contributed by atoms with E-state index in [0.29, 0.717) is 22.9 Å². The van der Waals surface area contributed by atoms with Gasteiger partial charge in [0.05, 0.1) is 11.3 Å². The normalized spacial score (nSPS) is 18.4. The molecule has 1 amide bonds. The molecule has 4 heterocycles. The van der Waals surface area contributed by atoms with Gasteiger partial charge in [-0.05, 0) is 87.8 Å². The number of aryl methyl sites for hydroxylation is 1. The average Bonchev–Trinajstić information content (AvgIpc) is 3.32. The first-order valence-electron chi connectivity index (χ1n) is 11.8. The zero-order chi connectivity index (χ0) is 22.5. The molecule has 2 N–H and O–H groups in total. The summed E-state index contributed by atoms with van der Waals surface area (Å²) in [5.41, 5.74) is 9.19. The van der Waals surface area contributed by atoms with Crippen LogP contribution >= 0.6 is 0 Å². The summed E-state index contributed by atoms with van der Waals surface area (Å²) < 4.78 is 0. The van der Waals surface area contributed by atoms with Gasteiger partial charge in [0, 0.05) is 17.6 Å². The number of amides is 1. The topological polar surface area (TPSA) is 86.3 Å². The minimum Gasteiger partial charge on any atom is -0.359 e. The molecule has 2 aliphatic heterocycles. The number of H-pyrrole nitrogens is 1. The second kappa shape index (κ2) is 10.2. The van der Waals surface area contributed by atoms with Crippen molar-refractivity contribution in [1.82, 2.24) is 25.3 Å². The molecule has 170 valence electrons. The third-order valence-electron chi connectivity index (χ3n) is 6.45. The minimum absolute atomic E-state index is 0.205. The van der Waals surface area contributed by atoms with Crippen molar-refractivity contribution in [3.63, 3.8) is 0 Å². The van der Waals surface area contributed by atoms with Crippen LogP contribution in [0.5, 0.6) is 0 Å². The van der Waals surface area contributed by atoms with Crippen molar-refractivity contribution in [3.8, 4) is 0 Å². The van der Waals surface area contributed by atoms with Gasteiger partial charge in [-0.15, -0.1) is 0 Å². The van der Waals surface area contributed by atoms with Crippen molar-refractivity contribution in [2.24, 2.45) is 5.10 Å². The number of rotatable bonds is 8. The molecule has 0 bridgehead atoms. The number of unbranched alkanes of at least 4 members (excludes halogenated alkanes) is 1. The number of hydrogen-bond donors (Lipinski definition) is 2. The van der Waals surface area contributed by atoms with Crippen LogP contribution in [0.3, 0.4) is 0 Å². The fourth-order valence-corrected chi connectivity index (χ4v) is 4.86. The largest absolute Gasteiger partial charge is 0.359 e. The van der Waals surface area contributed by atoms with Crippen molar-refractivity contribution in [2.45, 2.75) is 65.2 Å². The maximum Gasteiger partial charge on any atom is 0.273 e. The molecule has 0 saturated carbocycles. The number of carbonyl (C=O) groups excluding carboxylic acids is 1. The summed E-state index contributed by atoms with van der Waals surface area (Å²) in [5.74, 6) is 0.149. The lowest BCUT2D eigenvalue weighted by molar-refractivity contribution is -0.116. The van der Waals surface area contributed by atoms with E-state index in [1.165, 1.54) is 74.9 Å². The molecule has 1 saturated heterocycles. The number of nitrogens with one attached hydrogen (secondary N) is 2. The van der Waals surface area contributed by atoms with Crippen LogP contribution in [0.1, 0.15) is 80.1 Å². The van der Waals surface area contributed by atoms with Crippen molar-refractivity contribution < 1.29 is 4.79 Å². The lowest BCUT2D eigenvalue weighted by atomic mass is 9.93. The Balaban J connectivity index is 1.53. The van der Waals surface area contributed by atoms with Gasteiger partial charge in [0.2, 0.25) is 0 Å². The highest BCUT2D eigenvalue weighted by Gasteiger charge is 2.26. The number of hydrogen-bond acceptors (Lipinski definition) is 5. The first-order chi connectivity index (χ1) is 15.5. The molecule has 4 rings (SSSR count). The number of hydrazone groups is 1. The fraction of sp³-hybridized carbons (Fsp3) is 0.520. The van der Waals surface area contributed by atoms with Crippen LogP contribution in [-0.2, 0) is 11.2 Å². The monoisotopic (exact) mass is 434 g/mol. The van der Waals surface area contributed by atoms with E-state index >= 15 is 0 Å². The van der Waals surface area contributed by atoms with Crippen LogP contribution < -0.4 is 5.43 Å². The third kappa shape index (κ3) is 4.99. The van der Waals surface area contributed by atoms with Gasteiger partial charge in [0.15, 0.2) is 0 Å². The van der Waals surface area contributed by atoms with Gasteiger partial charge in [0.1, 0.15) is 12.0 Å². The minimum atomic E-state index is -0.205. The predicted octanol–water partition coefficient (Wildman–Crippen LogP) is 3.96. The predicted molar refractivity (Wildman–Crippen MR) is 128 cm³/mol. The van der Waals surface area contributed by atoms with E-state index in [9.17, 15) is 4.79 Å². The highest BCUT2D eigenvalue weighted by atomic mass is 16.2. The van der Waals surface area contributed by atoms with Crippen LogP contribution in [0.15, 0.2) is 29.3 Å². The number of aromatic nitrogens is 3. The number of aromatic amines is 1. The maximum absolute atomic E-state index is 12.5. The Hall–Kier alpha value is -2.80. The van der Waals surface area contributed by atoms with Crippen LogP contribution in [-0.4, -0.2) is 51.1 Å². The Morgan fingerprint density at radius 2 is 2.00 bits per heavy atom. The van der Waals surface area contributed by atoms with Gasteiger partial charge >= 0.3 is 0 Å². The Morgan fingerprint density at radius 3 is 2.72 bits per heavy atom. The number of piperidine rings is 1. The second-order valence-corrected chi connectivity index (χ2v) is 9.12. The molecule has 0 spiro atoms. The SMILES string of the molecule is Cc1[nH]c(/C=C2/C(=O)NN=C2c2ccncn2)c(C(C)C)c1CCCCN1CCCCC1. The van der Waals surface area contributed by atoms with Crippen molar-refractivity contribution in [2.75, 3.05) is 19.6 Å². The zero-order valence-electron chi connectivity index (χ0n) is 19.4. The molecule has 2 aromatic rings. The number of likely N-dealkylation sites (tertiary alicyclic amines) is 1. The molecule has 0 radical (unpaired) electrons. The van der Waals surface area contributed by atoms with E-state index in [2.05, 4.69) is 51.2 Å². The molecule has 7 nitrogen and oxygen atoms in total. The lowest BCUT2D eigenvalue weighted by Crippen LogP contribution is -2.30. The van der Waals surface area contributed by atoms with Crippen LogP contribution in [0.4, 0.5) is 0 Å². The standard InChI is InChI=1S/C25H34N6O/c1-17(2)23-19(9-5-8-14-31-12-6-4-7-13-31)18(3)28-22(23)15-20-24(29-30-25(20)32)21-10-11-26-16-27-21/h10-11,15-17,28H,4-9,12-14H2,1-3H3,(H,30,32)/b20-15+. The summed E-state index contributed by atoms with van der Waals surface area (Å²) in [6.45, 7) is 10.3. The molecule has 0 aromatic carbocycles. The summed E-state index contributed by atoms with van der Waals surface area (Å²) in [5, 5.41) is 4.21. The summed E-state index contributed by atoms with van der Waals surface area (Å²) >= 11 is 0. The summed E-state index contributed by atoms with van der Waals surface area (Å²) in [6, 6.07) is 1.77. The summed E-state index contributed by atoms with van der Waals surface area (Å²) in [4.78, 5) is 26.9. The van der Waals surface area contributed by atoms with Gasteiger partial charge in [-0.2, -0.15) is 5.10 Å². The first-order valence-corrected chi connectivity index (χ1v) is 11.8. The Labute approximate surface area is 190 Å². The Morgan fingerprint density at radius 1 is 1.19 bits per heavy atom. The molecular formula is C25H34N6O. The highest BCUT2D eigenvalue weighted by Crippen LogP contribution is 2.30. The van der Waals surface area contributed by atoms with Crippen LogP contribution in [0, 0.1) is 6.92 Å². The molecule has 0 atom stereocenters. The Bertz CT molecular complexity index is 999. The van der Waals surface area contributed by atoms with Crippen molar-refractivity contribution in [3.05, 3.63) is 52.4 Å². The van der Waals surface area contributed by atoms with E-state index in [1.807, 2.05) is 6.08 Å². The molecule has 0 aliphatic carbocycles. The first kappa shape index (κ1) is 22.4. The lowest BCUT2D eigenvalue weighted by Gasteiger charge is -2.26. The maximum atomic E-state index is 12.5. The molecule has 32 heavy (non-hydrogen) atoms. The van der Waals surface area contributed by atoms with Crippen LogP contribution in [0.25, 0.3) is 6.08 Å². The quantitative estimate of drug-likeness (QED) is 0.486. The van der Waals surface area contributed by atoms with E-state index in [1.54, 1.807) is 12.3 Å². The molecule has 2 aromatic heterocycles. The van der Waals surface area contributed by atoms with Gasteiger partial charge in [-0.1, -0.05) is 20.3 Å². The molecule has 7 heteroatoms. The number of nitrogens with zero attached hydrogens (tertiary/aromatic N) is 4. The number of carbonyl (C=O) groups is 1. The van der Waals surface area contributed by atoms with Crippen molar-refractivity contribution in [1.29, 1.82) is 0 Å².